The number of carbonyl (C=O) groups is 2. The molecule has 0 aliphatic heterocycles. The summed E-state index contributed by atoms with van der Waals surface area (Å²) < 4.78 is 5.53. The van der Waals surface area contributed by atoms with Crippen LogP contribution in [-0.2, 0) is 0 Å². The molecule has 0 aliphatic rings. The fourth-order valence-corrected chi connectivity index (χ4v) is 2.93. The number of rotatable bonds is 6. The van der Waals surface area contributed by atoms with Crippen molar-refractivity contribution in [1.82, 2.24) is 4.98 Å². The summed E-state index contributed by atoms with van der Waals surface area (Å²) in [6.07, 6.45) is 1.45. The summed E-state index contributed by atoms with van der Waals surface area (Å²) in [6, 6.07) is 16.0. The topological polar surface area (TPSA) is 80.3 Å². The van der Waals surface area contributed by atoms with Gasteiger partial charge in [-0.2, -0.15) is 0 Å². The van der Waals surface area contributed by atoms with E-state index in [1.165, 1.54) is 12.3 Å². The molecule has 2 N–H and O–H groups in total. The first-order valence-electron chi connectivity index (χ1n) is 9.36. The molecular formula is C23H23N3O3. The summed E-state index contributed by atoms with van der Waals surface area (Å²) in [5.74, 6) is -0.139. The van der Waals surface area contributed by atoms with Crippen molar-refractivity contribution in [3.05, 3.63) is 83.2 Å². The number of amides is 2. The lowest BCUT2D eigenvalue weighted by atomic mass is 10.1. The summed E-state index contributed by atoms with van der Waals surface area (Å²) in [7, 11) is 0. The van der Waals surface area contributed by atoms with Crippen molar-refractivity contribution in [3.63, 3.8) is 0 Å². The van der Waals surface area contributed by atoms with Crippen LogP contribution in [0.15, 0.2) is 60.8 Å². The number of carbonyl (C=O) groups excluding carboxylic acids is 2. The Balaban J connectivity index is 1.79. The van der Waals surface area contributed by atoms with E-state index < -0.39 is 5.91 Å². The summed E-state index contributed by atoms with van der Waals surface area (Å²) in [4.78, 5) is 29.5. The Hall–Kier alpha value is -3.67. The van der Waals surface area contributed by atoms with E-state index in [0.717, 1.165) is 16.8 Å². The van der Waals surface area contributed by atoms with Crippen LogP contribution in [0.3, 0.4) is 0 Å². The van der Waals surface area contributed by atoms with E-state index in [-0.39, 0.29) is 11.6 Å². The maximum atomic E-state index is 12.7. The standard InChI is InChI=1S/C23H23N3O3/c1-4-29-20-11-6-5-10-18(20)25-23(28)19-14-17(12-13-24-19)22(27)26-21-15(2)8-7-9-16(21)3/h5-14H,4H2,1-3H3,(H,25,28)(H,26,27). The van der Waals surface area contributed by atoms with Crippen LogP contribution in [0, 0.1) is 13.8 Å². The molecule has 2 amide bonds. The average molecular weight is 389 g/mol. The number of para-hydroxylation sites is 3. The number of ether oxygens (including phenoxy) is 1. The van der Waals surface area contributed by atoms with Crippen LogP contribution in [-0.4, -0.2) is 23.4 Å². The largest absolute Gasteiger partial charge is 0.492 e. The number of nitrogens with zero attached hydrogens (tertiary/aromatic N) is 1. The Labute approximate surface area is 169 Å². The molecule has 0 spiro atoms. The maximum absolute atomic E-state index is 12.7. The highest BCUT2D eigenvalue weighted by atomic mass is 16.5. The van der Waals surface area contributed by atoms with Gasteiger partial charge in [0.1, 0.15) is 11.4 Å². The first-order valence-corrected chi connectivity index (χ1v) is 9.36. The highest BCUT2D eigenvalue weighted by molar-refractivity contribution is 6.08. The van der Waals surface area contributed by atoms with Crippen molar-refractivity contribution >= 4 is 23.2 Å². The molecule has 2 aromatic carbocycles. The zero-order valence-corrected chi connectivity index (χ0v) is 16.7. The SMILES string of the molecule is CCOc1ccccc1NC(=O)c1cc(C(=O)Nc2c(C)cccc2C)ccn1. The smallest absolute Gasteiger partial charge is 0.274 e. The first kappa shape index (κ1) is 20.1. The molecule has 148 valence electrons. The van der Waals surface area contributed by atoms with E-state index in [4.69, 9.17) is 4.74 Å². The Morgan fingerprint density at radius 2 is 1.66 bits per heavy atom. The number of aryl methyl sites for hydroxylation is 2. The third-order valence-corrected chi connectivity index (χ3v) is 4.41. The van der Waals surface area contributed by atoms with Crippen molar-refractivity contribution in [2.75, 3.05) is 17.2 Å². The van der Waals surface area contributed by atoms with E-state index in [0.29, 0.717) is 23.6 Å². The van der Waals surface area contributed by atoms with Gasteiger partial charge >= 0.3 is 0 Å². The Kier molecular flexibility index (Phi) is 6.24. The van der Waals surface area contributed by atoms with Crippen LogP contribution in [0.2, 0.25) is 0 Å². The van der Waals surface area contributed by atoms with E-state index >= 15 is 0 Å². The Morgan fingerprint density at radius 1 is 0.931 bits per heavy atom. The van der Waals surface area contributed by atoms with Crippen LogP contribution < -0.4 is 15.4 Å². The van der Waals surface area contributed by atoms with Gasteiger partial charge in [0.2, 0.25) is 0 Å². The van der Waals surface area contributed by atoms with Gasteiger partial charge in [-0.25, -0.2) is 0 Å². The molecule has 1 aromatic heterocycles. The fraction of sp³-hybridized carbons (Fsp3) is 0.174. The lowest BCUT2D eigenvalue weighted by Gasteiger charge is -2.12. The maximum Gasteiger partial charge on any atom is 0.274 e. The highest BCUT2D eigenvalue weighted by Gasteiger charge is 2.15. The number of hydrogen-bond donors (Lipinski definition) is 2. The second kappa shape index (κ2) is 9.01. The van der Waals surface area contributed by atoms with E-state index in [9.17, 15) is 9.59 Å². The van der Waals surface area contributed by atoms with E-state index in [2.05, 4.69) is 15.6 Å². The molecule has 0 unspecified atom stereocenters. The number of aromatic nitrogens is 1. The van der Waals surface area contributed by atoms with Gasteiger partial charge in [-0.1, -0.05) is 30.3 Å². The van der Waals surface area contributed by atoms with Crippen LogP contribution >= 0.6 is 0 Å². The number of pyridine rings is 1. The fourth-order valence-electron chi connectivity index (χ4n) is 2.93. The van der Waals surface area contributed by atoms with Crippen molar-refractivity contribution in [2.24, 2.45) is 0 Å². The number of nitrogens with one attached hydrogen (secondary N) is 2. The molecule has 6 heteroatoms. The predicted molar refractivity (Wildman–Crippen MR) is 114 cm³/mol. The lowest BCUT2D eigenvalue weighted by Crippen LogP contribution is -2.18. The van der Waals surface area contributed by atoms with Gasteiger partial charge in [0.05, 0.1) is 12.3 Å². The van der Waals surface area contributed by atoms with Gasteiger partial charge in [0.25, 0.3) is 11.8 Å². The van der Waals surface area contributed by atoms with Crippen molar-refractivity contribution in [3.8, 4) is 5.75 Å². The normalized spacial score (nSPS) is 10.3. The van der Waals surface area contributed by atoms with Crippen LogP contribution in [0.1, 0.15) is 38.9 Å². The van der Waals surface area contributed by atoms with E-state index in [1.807, 2.05) is 45.0 Å². The minimum atomic E-state index is -0.418. The molecule has 3 rings (SSSR count). The van der Waals surface area contributed by atoms with Gasteiger partial charge in [-0.15, -0.1) is 0 Å². The van der Waals surface area contributed by atoms with Crippen LogP contribution in [0.4, 0.5) is 11.4 Å². The van der Waals surface area contributed by atoms with E-state index in [1.54, 1.807) is 24.3 Å². The third kappa shape index (κ3) is 4.79. The monoisotopic (exact) mass is 389 g/mol. The Bertz CT molecular complexity index is 1030. The van der Waals surface area contributed by atoms with Crippen molar-refractivity contribution < 1.29 is 14.3 Å². The zero-order valence-electron chi connectivity index (χ0n) is 16.7. The van der Waals surface area contributed by atoms with Gasteiger partial charge in [-0.3, -0.25) is 14.6 Å². The summed E-state index contributed by atoms with van der Waals surface area (Å²) in [5, 5.41) is 5.71. The molecule has 0 saturated carbocycles. The molecule has 0 saturated heterocycles. The summed E-state index contributed by atoms with van der Waals surface area (Å²) >= 11 is 0. The van der Waals surface area contributed by atoms with Gasteiger partial charge < -0.3 is 15.4 Å². The molecule has 0 radical (unpaired) electrons. The van der Waals surface area contributed by atoms with Gasteiger partial charge in [0.15, 0.2) is 0 Å². The summed E-state index contributed by atoms with van der Waals surface area (Å²) in [5.41, 5.74) is 3.75. The number of hydrogen-bond acceptors (Lipinski definition) is 4. The molecule has 0 fully saturated rings. The zero-order chi connectivity index (χ0) is 20.8. The molecule has 1 heterocycles. The second-order valence-electron chi connectivity index (χ2n) is 6.53. The molecule has 3 aromatic rings. The molecule has 0 aliphatic carbocycles. The minimum absolute atomic E-state index is 0.144. The van der Waals surface area contributed by atoms with Crippen LogP contribution in [0.25, 0.3) is 0 Å². The molecule has 29 heavy (non-hydrogen) atoms. The minimum Gasteiger partial charge on any atom is -0.492 e. The number of anilines is 2. The number of benzene rings is 2. The lowest BCUT2D eigenvalue weighted by molar-refractivity contribution is 0.102. The predicted octanol–water partition coefficient (Wildman–Crippen LogP) is 4.60. The molecule has 0 bridgehead atoms. The Morgan fingerprint density at radius 3 is 2.38 bits per heavy atom. The quantitative estimate of drug-likeness (QED) is 0.646. The highest BCUT2D eigenvalue weighted by Crippen LogP contribution is 2.24. The summed E-state index contributed by atoms with van der Waals surface area (Å²) in [6.45, 7) is 6.23. The average Bonchev–Trinajstić information content (AvgIpc) is 2.72. The molecule has 6 nitrogen and oxygen atoms in total. The van der Waals surface area contributed by atoms with Crippen LogP contribution in [0.5, 0.6) is 5.75 Å². The van der Waals surface area contributed by atoms with Crippen molar-refractivity contribution in [1.29, 1.82) is 0 Å². The van der Waals surface area contributed by atoms with Gasteiger partial charge in [-0.05, 0) is 56.2 Å². The van der Waals surface area contributed by atoms with Gasteiger partial charge in [0, 0.05) is 17.4 Å². The molecule has 0 atom stereocenters. The second-order valence-corrected chi connectivity index (χ2v) is 6.53. The third-order valence-electron chi connectivity index (χ3n) is 4.41. The van der Waals surface area contributed by atoms with Crippen molar-refractivity contribution in [2.45, 2.75) is 20.8 Å². The molecular weight excluding hydrogens is 366 g/mol. The first-order chi connectivity index (χ1) is 14.0.